The van der Waals surface area contributed by atoms with E-state index < -0.39 is 10.0 Å². The number of nitrogen functional groups attached to an aromatic ring is 1. The van der Waals surface area contributed by atoms with Crippen molar-refractivity contribution in [3.8, 4) is 6.07 Å². The van der Waals surface area contributed by atoms with Crippen molar-refractivity contribution in [2.24, 2.45) is 5.84 Å². The predicted molar refractivity (Wildman–Crippen MR) is 77.7 cm³/mol. The molecule has 0 spiro atoms. The highest BCUT2D eigenvalue weighted by molar-refractivity contribution is 7.89. The van der Waals surface area contributed by atoms with Gasteiger partial charge in [-0.3, -0.25) is 4.40 Å². The van der Waals surface area contributed by atoms with Crippen LogP contribution in [0.15, 0.2) is 29.4 Å². The van der Waals surface area contributed by atoms with E-state index >= 15 is 0 Å². The molecular formula is C12H16N6O2S. The maximum Gasteiger partial charge on any atom is 0.262 e. The molecule has 21 heavy (non-hydrogen) atoms. The second-order valence-electron chi connectivity index (χ2n) is 4.24. The van der Waals surface area contributed by atoms with E-state index in [4.69, 9.17) is 11.1 Å². The minimum absolute atomic E-state index is 0.0274. The number of nitriles is 1. The molecule has 0 bridgehead atoms. The van der Waals surface area contributed by atoms with Crippen LogP contribution in [0.1, 0.15) is 13.3 Å². The highest BCUT2D eigenvalue weighted by atomic mass is 32.2. The molecule has 2 rings (SSSR count). The van der Waals surface area contributed by atoms with Crippen LogP contribution in [-0.2, 0) is 10.0 Å². The van der Waals surface area contributed by atoms with Gasteiger partial charge in [0.15, 0.2) is 5.82 Å². The Hall–Kier alpha value is -2.15. The van der Waals surface area contributed by atoms with Crippen LogP contribution in [0.2, 0.25) is 0 Å². The number of nitrogens with zero attached hydrogens (tertiary/aromatic N) is 4. The number of sulfonamides is 1. The lowest BCUT2D eigenvalue weighted by molar-refractivity contribution is 0.432. The highest BCUT2D eigenvalue weighted by Gasteiger charge is 2.30. The number of nitrogens with one attached hydrogen (secondary N) is 1. The van der Waals surface area contributed by atoms with Crippen molar-refractivity contribution in [2.75, 3.05) is 18.5 Å². The van der Waals surface area contributed by atoms with Gasteiger partial charge >= 0.3 is 0 Å². The third kappa shape index (κ3) is 2.69. The van der Waals surface area contributed by atoms with Crippen molar-refractivity contribution in [2.45, 2.75) is 18.4 Å². The number of hydrogen-bond donors (Lipinski definition) is 2. The van der Waals surface area contributed by atoms with Crippen LogP contribution in [0.4, 0.5) is 5.82 Å². The molecular weight excluding hydrogens is 292 g/mol. The summed E-state index contributed by atoms with van der Waals surface area (Å²) in [5, 5.41) is 8.63. The number of aromatic nitrogens is 2. The fourth-order valence-corrected chi connectivity index (χ4v) is 3.73. The molecule has 2 heterocycles. The first-order chi connectivity index (χ1) is 10.1. The lowest BCUT2D eigenvalue weighted by Gasteiger charge is -2.19. The largest absolute Gasteiger partial charge is 0.306 e. The number of hydrazine groups is 1. The van der Waals surface area contributed by atoms with Gasteiger partial charge in [-0.15, -0.1) is 0 Å². The first-order valence-corrected chi connectivity index (χ1v) is 7.81. The molecule has 9 heteroatoms. The van der Waals surface area contributed by atoms with Gasteiger partial charge in [-0.25, -0.2) is 19.2 Å². The second kappa shape index (κ2) is 6.09. The molecule has 0 aliphatic heterocycles. The average molecular weight is 308 g/mol. The van der Waals surface area contributed by atoms with Crippen molar-refractivity contribution >= 4 is 21.5 Å². The molecule has 3 N–H and O–H groups in total. The van der Waals surface area contributed by atoms with Gasteiger partial charge in [0.2, 0.25) is 5.03 Å². The van der Waals surface area contributed by atoms with Gasteiger partial charge in [-0.2, -0.15) is 9.57 Å². The van der Waals surface area contributed by atoms with E-state index in [1.165, 1.54) is 8.71 Å². The van der Waals surface area contributed by atoms with Crippen molar-refractivity contribution in [1.82, 2.24) is 13.7 Å². The molecule has 0 aliphatic carbocycles. The van der Waals surface area contributed by atoms with Gasteiger partial charge in [0.05, 0.1) is 6.07 Å². The molecule has 0 radical (unpaired) electrons. The number of imidazole rings is 1. The van der Waals surface area contributed by atoms with Gasteiger partial charge < -0.3 is 5.43 Å². The van der Waals surface area contributed by atoms with Crippen LogP contribution in [0.3, 0.4) is 0 Å². The Morgan fingerprint density at radius 3 is 2.90 bits per heavy atom. The fourth-order valence-electron chi connectivity index (χ4n) is 2.06. The monoisotopic (exact) mass is 308 g/mol. The topological polar surface area (TPSA) is 117 Å². The van der Waals surface area contributed by atoms with Crippen molar-refractivity contribution in [3.05, 3.63) is 24.4 Å². The predicted octanol–water partition coefficient (Wildman–Crippen LogP) is 0.544. The van der Waals surface area contributed by atoms with E-state index in [1.807, 2.05) is 6.07 Å². The van der Waals surface area contributed by atoms with Crippen LogP contribution in [0, 0.1) is 11.3 Å². The molecule has 2 aromatic rings. The summed E-state index contributed by atoms with van der Waals surface area (Å²) < 4.78 is 28.3. The van der Waals surface area contributed by atoms with Crippen molar-refractivity contribution in [3.63, 3.8) is 0 Å². The van der Waals surface area contributed by atoms with Gasteiger partial charge in [0.25, 0.3) is 10.0 Å². The minimum Gasteiger partial charge on any atom is -0.306 e. The summed E-state index contributed by atoms with van der Waals surface area (Å²) in [7, 11) is -3.81. The zero-order valence-corrected chi connectivity index (χ0v) is 12.3. The average Bonchev–Trinajstić information content (AvgIpc) is 2.87. The summed E-state index contributed by atoms with van der Waals surface area (Å²) in [5.41, 5.74) is 2.80. The Bertz CT molecular complexity index is 777. The van der Waals surface area contributed by atoms with Crippen LogP contribution in [0.25, 0.3) is 5.65 Å². The molecule has 8 nitrogen and oxygen atoms in total. The van der Waals surface area contributed by atoms with Gasteiger partial charge in [0.1, 0.15) is 5.65 Å². The Balaban J connectivity index is 2.60. The number of hydrogen-bond acceptors (Lipinski definition) is 6. The van der Waals surface area contributed by atoms with Crippen molar-refractivity contribution in [1.29, 1.82) is 5.26 Å². The van der Waals surface area contributed by atoms with E-state index in [0.717, 1.165) is 0 Å². The molecule has 0 saturated heterocycles. The zero-order chi connectivity index (χ0) is 15.5. The molecule has 2 aromatic heterocycles. The highest BCUT2D eigenvalue weighted by Crippen LogP contribution is 2.25. The lowest BCUT2D eigenvalue weighted by Crippen LogP contribution is -2.33. The number of anilines is 1. The van der Waals surface area contributed by atoms with Crippen LogP contribution in [-0.4, -0.2) is 35.2 Å². The number of rotatable bonds is 6. The normalized spacial score (nSPS) is 11.7. The summed E-state index contributed by atoms with van der Waals surface area (Å²) in [6.45, 7) is 2.10. The first kappa shape index (κ1) is 15.2. The molecule has 0 saturated carbocycles. The summed E-state index contributed by atoms with van der Waals surface area (Å²) >= 11 is 0. The van der Waals surface area contributed by atoms with E-state index in [1.54, 1.807) is 31.3 Å². The van der Waals surface area contributed by atoms with Gasteiger partial charge in [0, 0.05) is 25.7 Å². The Morgan fingerprint density at radius 1 is 1.52 bits per heavy atom. The fraction of sp³-hybridized carbons (Fsp3) is 0.333. The Kier molecular flexibility index (Phi) is 4.42. The van der Waals surface area contributed by atoms with Gasteiger partial charge in [-0.05, 0) is 12.1 Å². The third-order valence-corrected chi connectivity index (χ3v) is 5.03. The van der Waals surface area contributed by atoms with E-state index in [-0.39, 0.29) is 30.4 Å². The molecule has 0 aliphatic rings. The maximum atomic E-state index is 12.8. The summed E-state index contributed by atoms with van der Waals surface area (Å²) in [4.78, 5) is 4.15. The zero-order valence-electron chi connectivity index (χ0n) is 11.5. The number of fused-ring (bicyclic) bond motifs is 1. The Labute approximate surface area is 122 Å². The smallest absolute Gasteiger partial charge is 0.262 e. The number of pyridine rings is 1. The standard InChI is InChI=1S/C12H16N6O2S/c1-2-17(8-5-7-13)21(19,20)12-11(16-14)15-10-6-3-4-9-18(10)12/h3-4,6,9,16H,2,5,8,14H2,1H3. The lowest BCUT2D eigenvalue weighted by atomic mass is 10.5. The second-order valence-corrected chi connectivity index (χ2v) is 6.10. The van der Waals surface area contributed by atoms with E-state index in [2.05, 4.69) is 10.4 Å². The molecule has 0 unspecified atom stereocenters. The first-order valence-electron chi connectivity index (χ1n) is 6.37. The number of nitrogens with two attached hydrogens (primary N) is 1. The SMILES string of the molecule is CCN(CCC#N)S(=O)(=O)c1c(NN)nc2ccccn12. The van der Waals surface area contributed by atoms with Gasteiger partial charge in [-0.1, -0.05) is 13.0 Å². The van der Waals surface area contributed by atoms with E-state index in [9.17, 15) is 8.42 Å². The molecule has 112 valence electrons. The van der Waals surface area contributed by atoms with E-state index in [0.29, 0.717) is 5.65 Å². The Morgan fingerprint density at radius 2 is 2.29 bits per heavy atom. The van der Waals surface area contributed by atoms with Crippen molar-refractivity contribution < 1.29 is 8.42 Å². The molecule has 0 fully saturated rings. The van der Waals surface area contributed by atoms with Crippen LogP contribution < -0.4 is 11.3 Å². The summed E-state index contributed by atoms with van der Waals surface area (Å²) in [6, 6.07) is 7.10. The van der Waals surface area contributed by atoms with Crippen LogP contribution in [0.5, 0.6) is 0 Å². The summed E-state index contributed by atoms with van der Waals surface area (Å²) in [6.07, 6.45) is 1.73. The minimum atomic E-state index is -3.81. The molecule has 0 atom stereocenters. The molecule has 0 amide bonds. The molecule has 0 aromatic carbocycles. The third-order valence-electron chi connectivity index (χ3n) is 3.03. The maximum absolute atomic E-state index is 12.8. The van der Waals surface area contributed by atoms with Crippen LogP contribution >= 0.6 is 0 Å². The quantitative estimate of drug-likeness (QED) is 0.594. The summed E-state index contributed by atoms with van der Waals surface area (Å²) in [5.74, 6) is 5.47.